The number of hydrogen-bond donors (Lipinski definition) is 0. The fourth-order valence-corrected chi connectivity index (χ4v) is 2.70. The van der Waals surface area contributed by atoms with Gasteiger partial charge >= 0.3 is 0 Å². The lowest BCUT2D eigenvalue weighted by Crippen LogP contribution is -1.97. The van der Waals surface area contributed by atoms with E-state index in [1.807, 2.05) is 30.3 Å². The first-order valence-corrected chi connectivity index (χ1v) is 7.71. The van der Waals surface area contributed by atoms with Crippen molar-refractivity contribution in [2.45, 2.75) is 0 Å². The normalized spacial score (nSPS) is 11.4. The molecule has 0 saturated carbocycles. The van der Waals surface area contributed by atoms with Gasteiger partial charge in [-0.3, -0.25) is 10.1 Å². The van der Waals surface area contributed by atoms with Crippen LogP contribution in [0, 0.1) is 10.1 Å². The van der Waals surface area contributed by atoms with Crippen LogP contribution in [0.5, 0.6) is 0 Å². The fourth-order valence-electron chi connectivity index (χ4n) is 2.22. The SMILES string of the molecule is O=[N+]([O-])/C(=C/c1ccc(-c2ccccc2Br)o1)c1ccccc1. The average molecular weight is 370 g/mol. The standard InChI is InChI=1S/C18H12BrNO3/c19-16-9-5-4-8-15(16)18-11-10-14(23-18)12-17(20(21)22)13-6-2-1-3-7-13/h1-12H/b17-12+. The monoisotopic (exact) mass is 369 g/mol. The number of benzene rings is 2. The summed E-state index contributed by atoms with van der Waals surface area (Å²) < 4.78 is 6.65. The Bertz CT molecular complexity index is 869. The number of furan rings is 1. The van der Waals surface area contributed by atoms with Gasteiger partial charge in [-0.2, -0.15) is 0 Å². The molecule has 0 aliphatic carbocycles. The molecule has 0 unspecified atom stereocenters. The van der Waals surface area contributed by atoms with Crippen LogP contribution in [0.3, 0.4) is 0 Å². The lowest BCUT2D eigenvalue weighted by Gasteiger charge is -2.00. The van der Waals surface area contributed by atoms with Crippen molar-refractivity contribution in [1.29, 1.82) is 0 Å². The van der Waals surface area contributed by atoms with E-state index in [1.165, 1.54) is 6.08 Å². The van der Waals surface area contributed by atoms with Gasteiger partial charge in [0.05, 0.1) is 16.6 Å². The Morgan fingerprint density at radius 3 is 2.39 bits per heavy atom. The minimum Gasteiger partial charge on any atom is -0.456 e. The van der Waals surface area contributed by atoms with E-state index in [4.69, 9.17) is 4.42 Å². The van der Waals surface area contributed by atoms with Crippen molar-refractivity contribution in [2.75, 3.05) is 0 Å². The van der Waals surface area contributed by atoms with Gasteiger partial charge in [0.2, 0.25) is 0 Å². The molecule has 5 heteroatoms. The summed E-state index contributed by atoms with van der Waals surface area (Å²) >= 11 is 3.47. The van der Waals surface area contributed by atoms with Crippen LogP contribution in [-0.2, 0) is 0 Å². The topological polar surface area (TPSA) is 56.3 Å². The van der Waals surface area contributed by atoms with Crippen LogP contribution in [0.2, 0.25) is 0 Å². The minimum atomic E-state index is -0.407. The predicted molar refractivity (Wildman–Crippen MR) is 93.2 cm³/mol. The van der Waals surface area contributed by atoms with Gasteiger partial charge in [0.15, 0.2) is 0 Å². The van der Waals surface area contributed by atoms with Gasteiger partial charge in [0.1, 0.15) is 11.5 Å². The third-order valence-corrected chi connectivity index (χ3v) is 4.00. The smallest absolute Gasteiger partial charge is 0.280 e. The van der Waals surface area contributed by atoms with Gasteiger partial charge in [0, 0.05) is 10.0 Å². The van der Waals surface area contributed by atoms with Crippen molar-refractivity contribution in [3.05, 3.63) is 92.6 Å². The molecule has 3 aromatic rings. The lowest BCUT2D eigenvalue weighted by molar-refractivity contribution is -0.374. The van der Waals surface area contributed by atoms with E-state index in [0.717, 1.165) is 10.0 Å². The second-order valence-corrected chi connectivity index (χ2v) is 5.69. The van der Waals surface area contributed by atoms with E-state index in [9.17, 15) is 10.1 Å². The first-order valence-electron chi connectivity index (χ1n) is 6.91. The van der Waals surface area contributed by atoms with Crippen molar-refractivity contribution in [2.24, 2.45) is 0 Å². The molecule has 1 heterocycles. The van der Waals surface area contributed by atoms with Gasteiger partial charge in [-0.05, 0) is 30.3 Å². The summed E-state index contributed by atoms with van der Waals surface area (Å²) in [6, 6.07) is 19.9. The second-order valence-electron chi connectivity index (χ2n) is 4.83. The molecule has 0 radical (unpaired) electrons. The van der Waals surface area contributed by atoms with Gasteiger partial charge in [-0.1, -0.05) is 52.3 Å². The summed E-state index contributed by atoms with van der Waals surface area (Å²) in [5, 5.41) is 11.3. The van der Waals surface area contributed by atoms with Gasteiger partial charge in [-0.25, -0.2) is 0 Å². The maximum Gasteiger partial charge on any atom is 0.280 e. The predicted octanol–water partition coefficient (Wildman–Crippen LogP) is 5.48. The first kappa shape index (κ1) is 15.2. The van der Waals surface area contributed by atoms with Crippen LogP contribution in [0.15, 0.2) is 75.6 Å². The molecule has 0 aliphatic heterocycles. The Kier molecular flexibility index (Phi) is 4.39. The second kappa shape index (κ2) is 6.62. The quantitative estimate of drug-likeness (QED) is 0.451. The van der Waals surface area contributed by atoms with Crippen LogP contribution >= 0.6 is 15.9 Å². The fraction of sp³-hybridized carbons (Fsp3) is 0. The van der Waals surface area contributed by atoms with Crippen LogP contribution in [0.1, 0.15) is 11.3 Å². The summed E-state index contributed by atoms with van der Waals surface area (Å²) in [6.07, 6.45) is 1.44. The van der Waals surface area contributed by atoms with Gasteiger partial charge < -0.3 is 4.42 Å². The molecule has 0 bridgehead atoms. The third kappa shape index (κ3) is 3.40. The number of halogens is 1. The molecule has 2 aromatic carbocycles. The van der Waals surface area contributed by atoms with Crippen molar-refractivity contribution in [1.82, 2.24) is 0 Å². The highest BCUT2D eigenvalue weighted by Gasteiger charge is 2.15. The molecule has 0 spiro atoms. The van der Waals surface area contributed by atoms with Crippen molar-refractivity contribution in [3.8, 4) is 11.3 Å². The zero-order valence-electron chi connectivity index (χ0n) is 12.0. The molecule has 0 saturated heterocycles. The van der Waals surface area contributed by atoms with Gasteiger partial charge in [-0.15, -0.1) is 0 Å². The number of hydrogen-bond acceptors (Lipinski definition) is 3. The van der Waals surface area contributed by atoms with Crippen LogP contribution in [-0.4, -0.2) is 4.92 Å². The zero-order valence-corrected chi connectivity index (χ0v) is 13.6. The summed E-state index contributed by atoms with van der Waals surface area (Å²) in [5.41, 5.74) is 1.43. The highest BCUT2D eigenvalue weighted by Crippen LogP contribution is 2.30. The number of nitrogens with zero attached hydrogens (tertiary/aromatic N) is 1. The Labute approximate surface area is 141 Å². The van der Waals surface area contributed by atoms with E-state index in [0.29, 0.717) is 17.1 Å². The van der Waals surface area contributed by atoms with E-state index in [-0.39, 0.29) is 5.70 Å². The summed E-state index contributed by atoms with van der Waals surface area (Å²) in [5.74, 6) is 1.09. The average Bonchev–Trinajstić information content (AvgIpc) is 3.02. The molecule has 0 fully saturated rings. The largest absolute Gasteiger partial charge is 0.456 e. The molecule has 23 heavy (non-hydrogen) atoms. The Balaban J connectivity index is 1.99. The molecule has 3 rings (SSSR count). The minimum absolute atomic E-state index is 0.00127. The number of nitro groups is 1. The van der Waals surface area contributed by atoms with Crippen molar-refractivity contribution >= 4 is 27.7 Å². The maximum atomic E-state index is 11.3. The third-order valence-electron chi connectivity index (χ3n) is 3.31. The number of rotatable bonds is 4. The Morgan fingerprint density at radius 2 is 1.70 bits per heavy atom. The molecular weight excluding hydrogens is 358 g/mol. The molecule has 1 aromatic heterocycles. The molecule has 0 atom stereocenters. The first-order chi connectivity index (χ1) is 11.1. The van der Waals surface area contributed by atoms with E-state index < -0.39 is 4.92 Å². The molecular formula is C18H12BrNO3. The van der Waals surface area contributed by atoms with E-state index in [2.05, 4.69) is 15.9 Å². The lowest BCUT2D eigenvalue weighted by atomic mass is 10.1. The highest BCUT2D eigenvalue weighted by molar-refractivity contribution is 9.10. The van der Waals surface area contributed by atoms with Crippen LogP contribution in [0.4, 0.5) is 0 Å². The molecule has 4 nitrogen and oxygen atoms in total. The zero-order chi connectivity index (χ0) is 16.2. The molecule has 0 aliphatic rings. The Morgan fingerprint density at radius 1 is 1.00 bits per heavy atom. The van der Waals surface area contributed by atoms with Crippen LogP contribution < -0.4 is 0 Å². The molecule has 114 valence electrons. The van der Waals surface area contributed by atoms with Crippen LogP contribution in [0.25, 0.3) is 23.1 Å². The summed E-state index contributed by atoms with van der Waals surface area (Å²) in [6.45, 7) is 0. The Hall–Kier alpha value is -2.66. The van der Waals surface area contributed by atoms with E-state index >= 15 is 0 Å². The molecule has 0 amide bonds. The summed E-state index contributed by atoms with van der Waals surface area (Å²) in [4.78, 5) is 10.9. The maximum absolute atomic E-state index is 11.3. The van der Waals surface area contributed by atoms with Gasteiger partial charge in [0.25, 0.3) is 5.70 Å². The molecule has 0 N–H and O–H groups in total. The van der Waals surface area contributed by atoms with Crippen molar-refractivity contribution < 1.29 is 9.34 Å². The summed E-state index contributed by atoms with van der Waals surface area (Å²) in [7, 11) is 0. The van der Waals surface area contributed by atoms with Crippen molar-refractivity contribution in [3.63, 3.8) is 0 Å². The van der Waals surface area contributed by atoms with E-state index in [1.54, 1.807) is 36.4 Å². The highest BCUT2D eigenvalue weighted by atomic mass is 79.9.